The predicted octanol–water partition coefficient (Wildman–Crippen LogP) is 4.52. The highest BCUT2D eigenvalue weighted by atomic mass is 35.5. The lowest BCUT2D eigenvalue weighted by atomic mass is 10.2. The van der Waals surface area contributed by atoms with Crippen LogP contribution >= 0.6 is 11.6 Å². The average molecular weight is 307 g/mol. The summed E-state index contributed by atoms with van der Waals surface area (Å²) in [6.45, 7) is 0.162. The molecule has 4 heteroatoms. The van der Waals surface area contributed by atoms with Crippen LogP contribution in [0.2, 0.25) is 0 Å². The fraction of sp³-hybridized carbons (Fsp3) is 0.176. The van der Waals surface area contributed by atoms with Crippen molar-refractivity contribution in [2.24, 2.45) is 0 Å². The SMILES string of the molecule is Fc1ccc(COc2cc(C#CCCCl)ccc2F)cc1. The maximum Gasteiger partial charge on any atom is 0.165 e. The molecule has 0 aliphatic carbocycles. The summed E-state index contributed by atoms with van der Waals surface area (Å²) in [7, 11) is 0. The van der Waals surface area contributed by atoms with E-state index in [9.17, 15) is 8.78 Å². The van der Waals surface area contributed by atoms with Crippen LogP contribution in [-0.4, -0.2) is 5.88 Å². The van der Waals surface area contributed by atoms with Crippen molar-refractivity contribution in [3.63, 3.8) is 0 Å². The van der Waals surface area contributed by atoms with Gasteiger partial charge in [0.2, 0.25) is 0 Å². The summed E-state index contributed by atoms with van der Waals surface area (Å²) < 4.78 is 31.9. The largest absolute Gasteiger partial charge is 0.486 e. The Kier molecular flexibility index (Phi) is 5.59. The fourth-order valence-electron chi connectivity index (χ4n) is 1.65. The second-order valence-corrected chi connectivity index (χ2v) is 4.68. The van der Waals surface area contributed by atoms with E-state index in [1.54, 1.807) is 24.3 Å². The molecule has 0 saturated carbocycles. The van der Waals surface area contributed by atoms with Gasteiger partial charge in [-0.25, -0.2) is 8.78 Å². The van der Waals surface area contributed by atoms with Crippen LogP contribution in [0.3, 0.4) is 0 Å². The molecule has 0 aliphatic rings. The summed E-state index contributed by atoms with van der Waals surface area (Å²) in [4.78, 5) is 0. The second kappa shape index (κ2) is 7.66. The Bertz CT molecular complexity index is 657. The topological polar surface area (TPSA) is 9.23 Å². The normalized spacial score (nSPS) is 9.86. The molecule has 0 spiro atoms. The number of hydrogen-bond donors (Lipinski definition) is 0. The lowest BCUT2D eigenvalue weighted by Crippen LogP contribution is -1.98. The molecule has 1 nitrogen and oxygen atoms in total. The highest BCUT2D eigenvalue weighted by molar-refractivity contribution is 6.18. The van der Waals surface area contributed by atoms with Crippen molar-refractivity contribution < 1.29 is 13.5 Å². The third-order valence-corrected chi connectivity index (χ3v) is 2.88. The fourth-order valence-corrected chi connectivity index (χ4v) is 1.74. The van der Waals surface area contributed by atoms with Crippen molar-refractivity contribution in [2.45, 2.75) is 13.0 Å². The first-order valence-electron chi connectivity index (χ1n) is 6.40. The zero-order chi connectivity index (χ0) is 15.1. The molecular formula is C17H13ClF2O. The molecule has 0 aliphatic heterocycles. The van der Waals surface area contributed by atoms with E-state index in [1.165, 1.54) is 18.2 Å². The Hall–Kier alpha value is -2.05. The number of alkyl halides is 1. The van der Waals surface area contributed by atoms with Crippen molar-refractivity contribution in [1.82, 2.24) is 0 Å². The molecule has 108 valence electrons. The Morgan fingerprint density at radius 1 is 1.05 bits per heavy atom. The minimum absolute atomic E-state index is 0.122. The first-order valence-corrected chi connectivity index (χ1v) is 6.94. The van der Waals surface area contributed by atoms with E-state index >= 15 is 0 Å². The maximum atomic E-state index is 13.7. The molecule has 0 radical (unpaired) electrons. The van der Waals surface area contributed by atoms with Crippen LogP contribution in [0.1, 0.15) is 17.5 Å². The summed E-state index contributed by atoms with van der Waals surface area (Å²) >= 11 is 5.54. The average Bonchev–Trinajstić information content (AvgIpc) is 2.49. The van der Waals surface area contributed by atoms with E-state index in [0.29, 0.717) is 17.9 Å². The van der Waals surface area contributed by atoms with E-state index in [0.717, 1.165) is 5.56 Å². The van der Waals surface area contributed by atoms with Gasteiger partial charge in [0.15, 0.2) is 11.6 Å². The minimum atomic E-state index is -0.458. The van der Waals surface area contributed by atoms with Crippen molar-refractivity contribution >= 4 is 11.6 Å². The molecule has 0 bridgehead atoms. The van der Waals surface area contributed by atoms with Crippen LogP contribution < -0.4 is 4.74 Å². The van der Waals surface area contributed by atoms with Gasteiger partial charge in [0, 0.05) is 17.9 Å². The van der Waals surface area contributed by atoms with Crippen molar-refractivity contribution in [1.29, 1.82) is 0 Å². The Balaban J connectivity index is 2.07. The van der Waals surface area contributed by atoms with Gasteiger partial charge in [0.1, 0.15) is 12.4 Å². The number of ether oxygens (including phenoxy) is 1. The molecule has 0 amide bonds. The van der Waals surface area contributed by atoms with Crippen LogP contribution in [0.4, 0.5) is 8.78 Å². The van der Waals surface area contributed by atoms with Gasteiger partial charge >= 0.3 is 0 Å². The zero-order valence-electron chi connectivity index (χ0n) is 11.2. The van der Waals surface area contributed by atoms with Gasteiger partial charge in [-0.1, -0.05) is 24.0 Å². The highest BCUT2D eigenvalue weighted by Crippen LogP contribution is 2.20. The van der Waals surface area contributed by atoms with Gasteiger partial charge in [0.25, 0.3) is 0 Å². The molecule has 0 atom stereocenters. The third-order valence-electron chi connectivity index (χ3n) is 2.69. The molecule has 2 aromatic carbocycles. The molecule has 2 rings (SSSR count). The van der Waals surface area contributed by atoms with E-state index < -0.39 is 5.82 Å². The number of rotatable bonds is 4. The summed E-state index contributed by atoms with van der Waals surface area (Å²) in [6, 6.07) is 10.3. The lowest BCUT2D eigenvalue weighted by Gasteiger charge is -2.07. The highest BCUT2D eigenvalue weighted by Gasteiger charge is 2.04. The first-order chi connectivity index (χ1) is 10.2. The molecule has 0 unspecified atom stereocenters. The predicted molar refractivity (Wildman–Crippen MR) is 79.3 cm³/mol. The number of halogens is 3. The zero-order valence-corrected chi connectivity index (χ0v) is 12.0. The molecule has 0 N–H and O–H groups in total. The standard InChI is InChI=1S/C17H13ClF2O/c18-10-2-1-3-13-6-9-16(20)17(11-13)21-12-14-4-7-15(19)8-5-14/h4-9,11H,2,10,12H2. The van der Waals surface area contributed by atoms with E-state index in [2.05, 4.69) is 11.8 Å². The molecule has 0 aromatic heterocycles. The molecule has 21 heavy (non-hydrogen) atoms. The summed E-state index contributed by atoms with van der Waals surface area (Å²) in [5.41, 5.74) is 1.42. The van der Waals surface area contributed by atoms with Gasteiger partial charge < -0.3 is 4.74 Å². The van der Waals surface area contributed by atoms with Crippen LogP contribution in [0.15, 0.2) is 42.5 Å². The number of hydrogen-bond acceptors (Lipinski definition) is 1. The van der Waals surface area contributed by atoms with Crippen molar-refractivity contribution in [3.8, 4) is 17.6 Å². The Morgan fingerprint density at radius 2 is 1.81 bits per heavy atom. The van der Waals surface area contributed by atoms with Crippen LogP contribution in [0.5, 0.6) is 5.75 Å². The van der Waals surface area contributed by atoms with E-state index in [1.807, 2.05) is 0 Å². The summed E-state index contributed by atoms with van der Waals surface area (Å²) in [5.74, 6) is 5.57. The molecule has 0 saturated heterocycles. The minimum Gasteiger partial charge on any atom is -0.486 e. The van der Waals surface area contributed by atoms with Crippen LogP contribution in [0.25, 0.3) is 0 Å². The second-order valence-electron chi connectivity index (χ2n) is 4.30. The number of benzene rings is 2. The third kappa shape index (κ3) is 4.77. The molecule has 0 fully saturated rings. The van der Waals surface area contributed by atoms with E-state index in [-0.39, 0.29) is 18.2 Å². The Labute approximate surface area is 127 Å². The van der Waals surface area contributed by atoms with Crippen LogP contribution in [-0.2, 0) is 6.61 Å². The van der Waals surface area contributed by atoms with Gasteiger partial charge in [-0.15, -0.1) is 11.6 Å². The molecule has 0 heterocycles. The van der Waals surface area contributed by atoms with Gasteiger partial charge in [-0.05, 0) is 35.9 Å². The summed E-state index contributed by atoms with van der Waals surface area (Å²) in [6.07, 6.45) is 0.574. The van der Waals surface area contributed by atoms with Crippen LogP contribution in [0, 0.1) is 23.5 Å². The van der Waals surface area contributed by atoms with E-state index in [4.69, 9.17) is 16.3 Å². The maximum absolute atomic E-state index is 13.7. The Morgan fingerprint density at radius 3 is 2.52 bits per heavy atom. The van der Waals surface area contributed by atoms with Crippen molar-refractivity contribution in [2.75, 3.05) is 5.88 Å². The molecular weight excluding hydrogens is 294 g/mol. The quantitative estimate of drug-likeness (QED) is 0.596. The smallest absolute Gasteiger partial charge is 0.165 e. The molecule has 2 aromatic rings. The van der Waals surface area contributed by atoms with Gasteiger partial charge in [-0.2, -0.15) is 0 Å². The summed E-state index contributed by atoms with van der Waals surface area (Å²) in [5, 5.41) is 0. The van der Waals surface area contributed by atoms with Gasteiger partial charge in [-0.3, -0.25) is 0 Å². The lowest BCUT2D eigenvalue weighted by molar-refractivity contribution is 0.290. The monoisotopic (exact) mass is 306 g/mol. The van der Waals surface area contributed by atoms with Crippen molar-refractivity contribution in [3.05, 3.63) is 65.2 Å². The van der Waals surface area contributed by atoms with Gasteiger partial charge in [0.05, 0.1) is 0 Å². The first kappa shape index (κ1) is 15.3.